The number of benzene rings is 2. The number of hydrogen-bond donors (Lipinski definition) is 3. The van der Waals surface area contributed by atoms with E-state index in [1.165, 1.54) is 18.2 Å². The zero-order valence-electron chi connectivity index (χ0n) is 9.65. The van der Waals surface area contributed by atoms with Crippen LogP contribution in [0.25, 0.3) is 0 Å². The van der Waals surface area contributed by atoms with Crippen LogP contribution in [-0.4, -0.2) is 9.79 Å². The van der Waals surface area contributed by atoms with E-state index in [1.807, 2.05) is 0 Å². The molecule has 2 rings (SSSR count). The van der Waals surface area contributed by atoms with Crippen molar-refractivity contribution in [3.63, 3.8) is 0 Å². The van der Waals surface area contributed by atoms with E-state index in [0.717, 1.165) is 0 Å². The molecule has 2 aromatic carbocycles. The highest BCUT2D eigenvalue weighted by Gasteiger charge is 2.18. The molecule has 0 bridgehead atoms. The molecule has 0 saturated heterocycles. The molecule has 0 fully saturated rings. The van der Waals surface area contributed by atoms with Crippen molar-refractivity contribution in [3.05, 3.63) is 47.5 Å². The van der Waals surface area contributed by atoms with Crippen molar-refractivity contribution in [3.8, 4) is 11.5 Å². The molecule has 2 aromatic rings. The predicted molar refractivity (Wildman–Crippen MR) is 74.1 cm³/mol. The Labute approximate surface area is 114 Å². The highest BCUT2D eigenvalue weighted by atomic mass is 35.5. The van der Waals surface area contributed by atoms with Crippen molar-refractivity contribution >= 4 is 30.2 Å². The lowest BCUT2D eigenvalue weighted by Gasteiger charge is -2.11. The number of anilines is 1. The third kappa shape index (κ3) is 3.28. The van der Waals surface area contributed by atoms with Gasteiger partial charge < -0.3 is 20.3 Å². The van der Waals surface area contributed by atoms with Gasteiger partial charge in [0.2, 0.25) is 0 Å². The molecule has 0 aliphatic heterocycles. The standard InChI is InChI=1S/C12H11ClNO4P/c13-9-3-1-2-4-11(9)18-12-6-5-8(7-10(12)14)19(15,16)17/h1-7H,14H2,(H2,15,16,17). The van der Waals surface area contributed by atoms with Gasteiger partial charge in [0, 0.05) is 0 Å². The fraction of sp³-hybridized carbons (Fsp3) is 0. The second-order valence-electron chi connectivity index (χ2n) is 3.80. The molecule has 7 heteroatoms. The van der Waals surface area contributed by atoms with Crippen molar-refractivity contribution in [1.82, 2.24) is 0 Å². The Bertz CT molecular complexity index is 656. The van der Waals surface area contributed by atoms with Crippen LogP contribution in [0.4, 0.5) is 5.69 Å². The van der Waals surface area contributed by atoms with Gasteiger partial charge in [-0.25, -0.2) is 0 Å². The molecule has 0 unspecified atom stereocenters. The van der Waals surface area contributed by atoms with E-state index in [-0.39, 0.29) is 16.7 Å². The maximum Gasteiger partial charge on any atom is 0.356 e. The van der Waals surface area contributed by atoms with Crippen molar-refractivity contribution in [2.75, 3.05) is 5.73 Å². The molecule has 0 aliphatic rings. The van der Waals surface area contributed by atoms with E-state index in [2.05, 4.69) is 0 Å². The number of hydrogen-bond acceptors (Lipinski definition) is 3. The Kier molecular flexibility index (Phi) is 3.83. The Morgan fingerprint density at radius 3 is 2.37 bits per heavy atom. The molecule has 0 saturated carbocycles. The average Bonchev–Trinajstić information content (AvgIpc) is 2.33. The van der Waals surface area contributed by atoms with E-state index < -0.39 is 7.60 Å². The summed E-state index contributed by atoms with van der Waals surface area (Å²) in [6.07, 6.45) is 0. The van der Waals surface area contributed by atoms with Gasteiger partial charge in [-0.2, -0.15) is 0 Å². The highest BCUT2D eigenvalue weighted by molar-refractivity contribution is 7.60. The summed E-state index contributed by atoms with van der Waals surface area (Å²) in [7, 11) is -4.32. The Morgan fingerprint density at radius 2 is 1.79 bits per heavy atom. The van der Waals surface area contributed by atoms with E-state index in [1.54, 1.807) is 24.3 Å². The van der Waals surface area contributed by atoms with Gasteiger partial charge in [0.05, 0.1) is 16.0 Å². The Hall–Kier alpha value is -1.52. The van der Waals surface area contributed by atoms with Gasteiger partial charge in [-0.15, -0.1) is 0 Å². The fourth-order valence-corrected chi connectivity index (χ4v) is 2.21. The van der Waals surface area contributed by atoms with Crippen LogP contribution in [0.2, 0.25) is 5.02 Å². The van der Waals surface area contributed by atoms with Crippen LogP contribution in [-0.2, 0) is 4.57 Å². The third-order valence-electron chi connectivity index (χ3n) is 2.39. The van der Waals surface area contributed by atoms with Crippen LogP contribution in [0.15, 0.2) is 42.5 Å². The summed E-state index contributed by atoms with van der Waals surface area (Å²) in [5.74, 6) is 0.699. The van der Waals surface area contributed by atoms with Gasteiger partial charge in [-0.05, 0) is 30.3 Å². The van der Waals surface area contributed by atoms with Gasteiger partial charge in [0.1, 0.15) is 11.5 Å². The van der Waals surface area contributed by atoms with Crippen molar-refractivity contribution in [2.24, 2.45) is 0 Å². The number of rotatable bonds is 3. The molecule has 5 nitrogen and oxygen atoms in total. The van der Waals surface area contributed by atoms with Crippen LogP contribution in [0.3, 0.4) is 0 Å². The predicted octanol–water partition coefficient (Wildman–Crippen LogP) is 2.52. The number of ether oxygens (including phenoxy) is 1. The maximum atomic E-state index is 11.1. The highest BCUT2D eigenvalue weighted by Crippen LogP contribution is 2.37. The zero-order chi connectivity index (χ0) is 14.0. The van der Waals surface area contributed by atoms with Crippen molar-refractivity contribution in [2.45, 2.75) is 0 Å². The van der Waals surface area contributed by atoms with Gasteiger partial charge in [-0.3, -0.25) is 4.57 Å². The second kappa shape index (κ2) is 5.23. The van der Waals surface area contributed by atoms with Crippen LogP contribution >= 0.6 is 19.2 Å². The minimum Gasteiger partial charge on any atom is -0.454 e. The molecular weight excluding hydrogens is 289 g/mol. The SMILES string of the molecule is Nc1cc(P(=O)(O)O)ccc1Oc1ccccc1Cl. The molecular formula is C12H11ClNO4P. The van der Waals surface area contributed by atoms with Crippen molar-refractivity contribution < 1.29 is 19.1 Å². The van der Waals surface area contributed by atoms with Gasteiger partial charge in [0.15, 0.2) is 0 Å². The van der Waals surface area contributed by atoms with E-state index >= 15 is 0 Å². The summed E-state index contributed by atoms with van der Waals surface area (Å²) in [4.78, 5) is 18.1. The molecule has 0 heterocycles. The molecule has 0 radical (unpaired) electrons. The van der Waals surface area contributed by atoms with Crippen LogP contribution in [0.5, 0.6) is 11.5 Å². The van der Waals surface area contributed by atoms with E-state index in [0.29, 0.717) is 10.8 Å². The number of nitrogen functional groups attached to an aromatic ring is 1. The quantitative estimate of drug-likeness (QED) is 0.598. The lowest BCUT2D eigenvalue weighted by atomic mass is 10.3. The minimum atomic E-state index is -4.32. The first kappa shape index (κ1) is 13.9. The maximum absolute atomic E-state index is 11.1. The van der Waals surface area contributed by atoms with E-state index in [9.17, 15) is 4.57 Å². The number of nitrogens with two attached hydrogens (primary N) is 1. The number of halogens is 1. The van der Waals surface area contributed by atoms with Crippen molar-refractivity contribution in [1.29, 1.82) is 0 Å². The first-order valence-corrected chi connectivity index (χ1v) is 7.25. The minimum absolute atomic E-state index is 0.126. The van der Waals surface area contributed by atoms with E-state index in [4.69, 9.17) is 31.9 Å². The van der Waals surface area contributed by atoms with Crippen LogP contribution in [0, 0.1) is 0 Å². The van der Waals surface area contributed by atoms with Gasteiger partial charge in [-0.1, -0.05) is 23.7 Å². The molecule has 0 atom stereocenters. The summed E-state index contributed by atoms with van der Waals surface area (Å²) in [6.45, 7) is 0. The summed E-state index contributed by atoms with van der Waals surface area (Å²) in [5.41, 5.74) is 5.83. The Balaban J connectivity index is 2.33. The fourth-order valence-electron chi connectivity index (χ4n) is 1.46. The largest absolute Gasteiger partial charge is 0.454 e. The molecule has 0 aliphatic carbocycles. The Morgan fingerprint density at radius 1 is 1.11 bits per heavy atom. The topological polar surface area (TPSA) is 92.8 Å². The molecule has 0 spiro atoms. The molecule has 0 aromatic heterocycles. The number of para-hydroxylation sites is 1. The van der Waals surface area contributed by atoms with Crippen LogP contribution in [0.1, 0.15) is 0 Å². The molecule has 19 heavy (non-hydrogen) atoms. The average molecular weight is 300 g/mol. The summed E-state index contributed by atoms with van der Waals surface area (Å²) < 4.78 is 16.6. The molecule has 100 valence electrons. The molecule has 0 amide bonds. The molecule has 4 N–H and O–H groups in total. The monoisotopic (exact) mass is 299 g/mol. The smallest absolute Gasteiger partial charge is 0.356 e. The third-order valence-corrected chi connectivity index (χ3v) is 3.65. The van der Waals surface area contributed by atoms with Crippen LogP contribution < -0.4 is 15.8 Å². The lowest BCUT2D eigenvalue weighted by molar-refractivity contribution is 0.387. The first-order valence-electron chi connectivity index (χ1n) is 5.26. The van der Waals surface area contributed by atoms with Gasteiger partial charge >= 0.3 is 7.60 Å². The normalized spacial score (nSPS) is 11.3. The first-order chi connectivity index (χ1) is 8.88. The zero-order valence-corrected chi connectivity index (χ0v) is 11.3. The second-order valence-corrected chi connectivity index (χ2v) is 5.81. The lowest BCUT2D eigenvalue weighted by Crippen LogP contribution is -2.05. The summed E-state index contributed by atoms with van der Waals surface area (Å²) >= 11 is 5.94. The van der Waals surface area contributed by atoms with Gasteiger partial charge in [0.25, 0.3) is 0 Å². The summed E-state index contributed by atoms with van der Waals surface area (Å²) in [5, 5.41) is 0.262. The summed E-state index contributed by atoms with van der Waals surface area (Å²) in [6, 6.07) is 10.7.